The molecule has 0 fully saturated rings. The Morgan fingerprint density at radius 1 is 1.56 bits per heavy atom. The second-order valence-electron chi connectivity index (χ2n) is 2.61. The Labute approximate surface area is 89.4 Å². The summed E-state index contributed by atoms with van der Waals surface area (Å²) in [5.74, 6) is 0. The van der Waals surface area contributed by atoms with Crippen molar-refractivity contribution in [3.63, 3.8) is 0 Å². The van der Waals surface area contributed by atoms with Crippen LogP contribution in [0.2, 0.25) is 0 Å². The molecule has 0 aliphatic carbocycles. The van der Waals surface area contributed by atoms with Crippen molar-refractivity contribution in [2.24, 2.45) is 5.11 Å². The van der Waals surface area contributed by atoms with Gasteiger partial charge in [-0.05, 0) is 12.5 Å². The fourth-order valence-corrected chi connectivity index (χ4v) is 0.920. The third-order valence-electron chi connectivity index (χ3n) is 1.59. The predicted octanol–water partition coefficient (Wildman–Crippen LogP) is 0.387. The molecule has 90 valence electrons. The largest absolute Gasteiger partial charge is 0.308 e. The zero-order valence-electron chi connectivity index (χ0n) is 8.42. The Bertz CT molecular complexity index is 298. The first-order valence-electron chi connectivity index (χ1n) is 4.22. The number of azide groups is 1. The summed E-state index contributed by atoms with van der Waals surface area (Å²) in [6, 6.07) is 0. The number of hydrogen-bond donors (Lipinski definition) is 0. The van der Waals surface area contributed by atoms with Gasteiger partial charge in [-0.2, -0.15) is 0 Å². The lowest BCUT2D eigenvalue weighted by Gasteiger charge is -2.17. The fraction of sp³-hybridized carbons (Fsp3) is 1.00. The van der Waals surface area contributed by atoms with Gasteiger partial charge in [0, 0.05) is 4.91 Å². The molecule has 0 heterocycles. The monoisotopic (exact) mass is 234 g/mol. The number of likely N-dealkylation sites (N-methyl/N-ethyl adjacent to an activating group) is 1. The summed E-state index contributed by atoms with van der Waals surface area (Å²) in [6.45, 7) is 0.895. The van der Waals surface area contributed by atoms with Crippen molar-refractivity contribution >= 4 is 0 Å². The molecule has 1 unspecified atom stereocenters. The van der Waals surface area contributed by atoms with Crippen molar-refractivity contribution < 1.29 is 15.0 Å². The molecule has 0 aromatic carbocycles. The second-order valence-corrected chi connectivity index (χ2v) is 2.61. The Hall–Kier alpha value is -2.29. The second kappa shape index (κ2) is 7.06. The molecule has 16 heavy (non-hydrogen) atoms. The van der Waals surface area contributed by atoms with E-state index in [0.717, 1.165) is 5.01 Å². The van der Waals surface area contributed by atoms with Crippen molar-refractivity contribution in [3.05, 3.63) is 30.7 Å². The lowest BCUT2D eigenvalue weighted by molar-refractivity contribution is -0.771. The molecule has 0 rings (SSSR count). The maximum atomic E-state index is 10.4. The molecule has 0 saturated heterocycles. The maximum Gasteiger partial charge on any atom is 0.294 e. The Morgan fingerprint density at radius 2 is 2.19 bits per heavy atom. The van der Waals surface area contributed by atoms with Crippen LogP contribution in [-0.2, 0) is 4.84 Å². The minimum atomic E-state index is -1.16. The van der Waals surface area contributed by atoms with Crippen LogP contribution < -0.4 is 0 Å². The standard InChI is InChI=1S/C5H10N6O5/c1-2-9(10(12)13)4-5(3-7-8-6)16-11(14)15/h5H,2-4H2,1H3. The minimum Gasteiger partial charge on any atom is -0.308 e. The molecular formula is C5H10N6O5. The van der Waals surface area contributed by atoms with Gasteiger partial charge in [-0.1, -0.05) is 5.11 Å². The Morgan fingerprint density at radius 3 is 2.56 bits per heavy atom. The SMILES string of the molecule is CCN(CC(CN=[N+]=[N-])O[N+](=O)[O-])[N+](=O)[O-]. The van der Waals surface area contributed by atoms with Crippen LogP contribution in [0.3, 0.4) is 0 Å². The van der Waals surface area contributed by atoms with E-state index in [1.54, 1.807) is 0 Å². The van der Waals surface area contributed by atoms with E-state index < -0.39 is 16.2 Å². The van der Waals surface area contributed by atoms with Crippen molar-refractivity contribution in [2.45, 2.75) is 13.0 Å². The summed E-state index contributed by atoms with van der Waals surface area (Å²) in [6.07, 6.45) is -1.16. The first-order chi connectivity index (χ1) is 7.51. The fourth-order valence-electron chi connectivity index (χ4n) is 0.920. The van der Waals surface area contributed by atoms with Crippen LogP contribution in [0.25, 0.3) is 10.4 Å². The van der Waals surface area contributed by atoms with Gasteiger partial charge in [0.25, 0.3) is 5.09 Å². The van der Waals surface area contributed by atoms with Gasteiger partial charge in [-0.3, -0.25) is 0 Å². The van der Waals surface area contributed by atoms with Crippen molar-refractivity contribution in [1.29, 1.82) is 0 Å². The smallest absolute Gasteiger partial charge is 0.294 e. The van der Waals surface area contributed by atoms with E-state index in [-0.39, 0.29) is 19.6 Å². The van der Waals surface area contributed by atoms with Crippen LogP contribution in [0.15, 0.2) is 5.11 Å². The highest BCUT2D eigenvalue weighted by molar-refractivity contribution is 4.63. The first-order valence-corrected chi connectivity index (χ1v) is 4.22. The van der Waals surface area contributed by atoms with E-state index in [2.05, 4.69) is 14.9 Å². The highest BCUT2D eigenvalue weighted by atomic mass is 17.0. The van der Waals surface area contributed by atoms with Gasteiger partial charge in [-0.25, -0.2) is 10.1 Å². The summed E-state index contributed by atoms with van der Waals surface area (Å²) in [4.78, 5) is 27.0. The third kappa shape index (κ3) is 5.44. The summed E-state index contributed by atoms with van der Waals surface area (Å²) in [5.41, 5.74) is 8.04. The van der Waals surface area contributed by atoms with Crippen LogP contribution in [-0.4, -0.2) is 40.9 Å². The van der Waals surface area contributed by atoms with Gasteiger partial charge in [-0.15, -0.1) is 15.1 Å². The van der Waals surface area contributed by atoms with Gasteiger partial charge in [0.05, 0.1) is 13.1 Å². The van der Waals surface area contributed by atoms with Crippen molar-refractivity contribution in [1.82, 2.24) is 5.01 Å². The van der Waals surface area contributed by atoms with Crippen LogP contribution in [0.1, 0.15) is 6.92 Å². The summed E-state index contributed by atoms with van der Waals surface area (Å²) in [5, 5.41) is 22.5. The van der Waals surface area contributed by atoms with E-state index in [4.69, 9.17) is 5.53 Å². The van der Waals surface area contributed by atoms with E-state index in [0.29, 0.717) is 0 Å². The number of nitro groups is 1. The van der Waals surface area contributed by atoms with Gasteiger partial charge in [0.15, 0.2) is 5.03 Å². The van der Waals surface area contributed by atoms with Crippen molar-refractivity contribution in [2.75, 3.05) is 19.6 Å². The molecule has 0 N–H and O–H groups in total. The molecule has 0 radical (unpaired) electrons. The van der Waals surface area contributed by atoms with E-state index in [1.807, 2.05) is 0 Å². The average molecular weight is 234 g/mol. The molecule has 11 nitrogen and oxygen atoms in total. The Kier molecular flexibility index (Phi) is 6.05. The molecule has 0 aliphatic rings. The Balaban J connectivity index is 4.43. The maximum absolute atomic E-state index is 10.4. The molecular weight excluding hydrogens is 224 g/mol. The van der Waals surface area contributed by atoms with E-state index in [9.17, 15) is 20.2 Å². The molecule has 0 aliphatic heterocycles. The summed E-state index contributed by atoms with van der Waals surface area (Å²) in [7, 11) is 0. The summed E-state index contributed by atoms with van der Waals surface area (Å²) < 4.78 is 0. The topological polar surface area (TPSA) is 148 Å². The van der Waals surface area contributed by atoms with Crippen LogP contribution in [0, 0.1) is 20.2 Å². The molecule has 0 aromatic rings. The highest BCUT2D eigenvalue weighted by Gasteiger charge is 2.21. The highest BCUT2D eigenvalue weighted by Crippen LogP contribution is 1.99. The lowest BCUT2D eigenvalue weighted by atomic mass is 10.3. The predicted molar refractivity (Wildman–Crippen MR) is 50.1 cm³/mol. The van der Waals surface area contributed by atoms with Gasteiger partial charge < -0.3 is 4.84 Å². The third-order valence-corrected chi connectivity index (χ3v) is 1.59. The van der Waals surface area contributed by atoms with Crippen LogP contribution in [0.4, 0.5) is 0 Å². The molecule has 11 heteroatoms. The first kappa shape index (κ1) is 13.7. The molecule has 0 saturated carbocycles. The molecule has 0 amide bonds. The zero-order valence-corrected chi connectivity index (χ0v) is 8.42. The quantitative estimate of drug-likeness (QED) is 0.195. The average Bonchev–Trinajstić information content (AvgIpc) is 2.20. The number of nitrogens with zero attached hydrogens (tertiary/aromatic N) is 6. The molecule has 0 bridgehead atoms. The molecule has 0 spiro atoms. The molecule has 1 atom stereocenters. The van der Waals surface area contributed by atoms with E-state index in [1.165, 1.54) is 6.92 Å². The number of hydrazine groups is 1. The number of hydrogen-bond acceptors (Lipinski definition) is 6. The van der Waals surface area contributed by atoms with Crippen molar-refractivity contribution in [3.8, 4) is 0 Å². The van der Waals surface area contributed by atoms with Gasteiger partial charge >= 0.3 is 0 Å². The minimum absolute atomic E-state index is 0.0564. The van der Waals surface area contributed by atoms with Gasteiger partial charge in [0.2, 0.25) is 0 Å². The lowest BCUT2D eigenvalue weighted by Crippen LogP contribution is -2.40. The number of rotatable bonds is 8. The summed E-state index contributed by atoms with van der Waals surface area (Å²) >= 11 is 0. The molecule has 0 aromatic heterocycles. The normalized spacial score (nSPS) is 11.1. The zero-order chi connectivity index (χ0) is 12.6. The van der Waals surface area contributed by atoms with Crippen LogP contribution >= 0.6 is 0 Å². The van der Waals surface area contributed by atoms with Crippen LogP contribution in [0.5, 0.6) is 0 Å². The van der Waals surface area contributed by atoms with Gasteiger partial charge in [0.1, 0.15) is 12.6 Å². The van der Waals surface area contributed by atoms with E-state index >= 15 is 0 Å².